The van der Waals surface area contributed by atoms with Crippen LogP contribution in [0.1, 0.15) is 18.5 Å². The van der Waals surface area contributed by atoms with Gasteiger partial charge in [0.15, 0.2) is 0 Å². The zero-order valence-corrected chi connectivity index (χ0v) is 14.8. The molecule has 1 saturated heterocycles. The minimum absolute atomic E-state index is 0.0407. The fraction of sp³-hybridized carbons (Fsp3) is 0.500. The summed E-state index contributed by atoms with van der Waals surface area (Å²) in [5, 5.41) is 10.9. The van der Waals surface area contributed by atoms with Gasteiger partial charge in [0, 0.05) is 45.0 Å². The Hall–Kier alpha value is -2.25. The lowest BCUT2D eigenvalue weighted by atomic mass is 10.0. The number of nitrogens with two attached hydrogens (primary N) is 1. The van der Waals surface area contributed by atoms with E-state index in [2.05, 4.69) is 14.9 Å². The molecule has 134 valence electrons. The van der Waals surface area contributed by atoms with Gasteiger partial charge in [-0.3, -0.25) is 9.78 Å². The normalized spacial score (nSPS) is 20.2. The Morgan fingerprint density at radius 3 is 3.00 bits per heavy atom. The Morgan fingerprint density at radius 2 is 2.24 bits per heavy atom. The average molecular weight is 343 g/mol. The second-order valence-electron chi connectivity index (χ2n) is 6.83. The number of fused-ring (bicyclic) bond motifs is 1. The molecular formula is C18H25N5O2. The van der Waals surface area contributed by atoms with Crippen molar-refractivity contribution < 1.29 is 9.90 Å². The molecule has 25 heavy (non-hydrogen) atoms. The van der Waals surface area contributed by atoms with Gasteiger partial charge in [0.05, 0.1) is 17.7 Å². The van der Waals surface area contributed by atoms with Crippen molar-refractivity contribution in [1.29, 1.82) is 0 Å². The number of β-amino-alcohol motifs (C(OH)–C–C–N with tert-alkyl or cyclic N) is 1. The van der Waals surface area contributed by atoms with E-state index in [1.165, 1.54) is 0 Å². The van der Waals surface area contributed by atoms with Gasteiger partial charge >= 0.3 is 0 Å². The Morgan fingerprint density at radius 1 is 1.44 bits per heavy atom. The van der Waals surface area contributed by atoms with Crippen LogP contribution in [0.4, 0.5) is 5.69 Å². The molecule has 0 aromatic carbocycles. The lowest BCUT2D eigenvalue weighted by Gasteiger charge is -2.29. The molecule has 0 saturated carbocycles. The number of carbonyl (C=O) groups is 1. The summed E-state index contributed by atoms with van der Waals surface area (Å²) in [5.41, 5.74) is 8.10. The van der Waals surface area contributed by atoms with Crippen molar-refractivity contribution in [2.45, 2.75) is 25.4 Å². The molecule has 1 unspecified atom stereocenters. The lowest BCUT2D eigenvalue weighted by molar-refractivity contribution is -0.132. The van der Waals surface area contributed by atoms with Crippen molar-refractivity contribution in [1.82, 2.24) is 14.9 Å². The van der Waals surface area contributed by atoms with E-state index in [0.717, 1.165) is 22.4 Å². The maximum atomic E-state index is 11.9. The van der Waals surface area contributed by atoms with E-state index in [4.69, 9.17) is 5.73 Å². The molecule has 1 fully saturated rings. The van der Waals surface area contributed by atoms with Crippen LogP contribution in [0.5, 0.6) is 0 Å². The maximum absolute atomic E-state index is 11.9. The number of nitrogens with zero attached hydrogens (tertiary/aromatic N) is 4. The molecule has 0 spiro atoms. The van der Waals surface area contributed by atoms with E-state index in [9.17, 15) is 9.90 Å². The van der Waals surface area contributed by atoms with E-state index >= 15 is 0 Å². The standard InChI is InChI=1S/C18H25N5O2/c1-13-3-4-14-17(21-13)15(6-9-20-14)23-10-7-18(25,12-23)11-22(2)16(24)5-8-19/h3-4,6,9,25H,5,7-8,10-12,19H2,1-2H3. The second kappa shape index (κ2) is 6.93. The molecular weight excluding hydrogens is 318 g/mol. The van der Waals surface area contributed by atoms with Gasteiger partial charge in [0.2, 0.25) is 5.91 Å². The summed E-state index contributed by atoms with van der Waals surface area (Å²) in [6.07, 6.45) is 2.67. The number of anilines is 1. The highest BCUT2D eigenvalue weighted by atomic mass is 16.3. The number of aromatic nitrogens is 2. The van der Waals surface area contributed by atoms with Crippen LogP contribution in [0.3, 0.4) is 0 Å². The molecule has 2 aromatic heterocycles. The first kappa shape index (κ1) is 17.6. The van der Waals surface area contributed by atoms with Gasteiger partial charge in [0.25, 0.3) is 0 Å². The summed E-state index contributed by atoms with van der Waals surface area (Å²) in [7, 11) is 1.71. The molecule has 1 atom stereocenters. The molecule has 7 nitrogen and oxygen atoms in total. The molecule has 3 N–H and O–H groups in total. The highest BCUT2D eigenvalue weighted by molar-refractivity contribution is 5.88. The number of carbonyl (C=O) groups excluding carboxylic acids is 1. The Balaban J connectivity index is 1.79. The average Bonchev–Trinajstić information content (AvgIpc) is 2.96. The number of rotatable bonds is 5. The first-order chi connectivity index (χ1) is 11.9. The largest absolute Gasteiger partial charge is 0.386 e. The van der Waals surface area contributed by atoms with Crippen molar-refractivity contribution in [3.05, 3.63) is 30.1 Å². The van der Waals surface area contributed by atoms with Gasteiger partial charge in [0.1, 0.15) is 11.1 Å². The number of hydrogen-bond donors (Lipinski definition) is 2. The molecule has 1 aliphatic rings. The van der Waals surface area contributed by atoms with E-state index in [1.807, 2.05) is 25.1 Å². The first-order valence-electron chi connectivity index (χ1n) is 8.56. The molecule has 0 aliphatic carbocycles. The summed E-state index contributed by atoms with van der Waals surface area (Å²) in [6.45, 7) is 3.75. The van der Waals surface area contributed by atoms with Gasteiger partial charge in [-0.1, -0.05) is 0 Å². The number of likely N-dealkylation sites (N-methyl/N-ethyl adjacent to an activating group) is 1. The molecule has 0 radical (unpaired) electrons. The van der Waals surface area contributed by atoms with Crippen LogP contribution in [-0.2, 0) is 4.79 Å². The number of aryl methyl sites for hydroxylation is 1. The summed E-state index contributed by atoms with van der Waals surface area (Å²) in [6, 6.07) is 5.84. The van der Waals surface area contributed by atoms with Gasteiger partial charge in [-0.15, -0.1) is 0 Å². The number of aliphatic hydroxyl groups is 1. The SMILES string of the molecule is Cc1ccc2nccc(N3CCC(O)(CN(C)C(=O)CCN)C3)c2n1. The lowest BCUT2D eigenvalue weighted by Crippen LogP contribution is -2.46. The zero-order valence-electron chi connectivity index (χ0n) is 14.8. The second-order valence-corrected chi connectivity index (χ2v) is 6.83. The third-order valence-electron chi connectivity index (χ3n) is 4.69. The minimum Gasteiger partial charge on any atom is -0.386 e. The molecule has 1 amide bonds. The summed E-state index contributed by atoms with van der Waals surface area (Å²) < 4.78 is 0. The maximum Gasteiger partial charge on any atom is 0.223 e. The van der Waals surface area contributed by atoms with Gasteiger partial charge in [-0.2, -0.15) is 0 Å². The minimum atomic E-state index is -0.932. The monoisotopic (exact) mass is 343 g/mol. The Labute approximate surface area is 147 Å². The fourth-order valence-electron chi connectivity index (χ4n) is 3.40. The predicted molar refractivity (Wildman–Crippen MR) is 97.4 cm³/mol. The highest BCUT2D eigenvalue weighted by Crippen LogP contribution is 2.31. The van der Waals surface area contributed by atoms with Crippen LogP contribution in [0.25, 0.3) is 11.0 Å². The molecule has 3 rings (SSSR count). The van der Waals surface area contributed by atoms with Crippen LogP contribution >= 0.6 is 0 Å². The van der Waals surface area contributed by atoms with Crippen LogP contribution in [0.2, 0.25) is 0 Å². The zero-order chi connectivity index (χ0) is 18.0. The van der Waals surface area contributed by atoms with Gasteiger partial charge in [-0.25, -0.2) is 4.98 Å². The third-order valence-corrected chi connectivity index (χ3v) is 4.69. The van der Waals surface area contributed by atoms with E-state index in [1.54, 1.807) is 18.1 Å². The van der Waals surface area contributed by atoms with Crippen LogP contribution in [-0.4, -0.2) is 64.7 Å². The van der Waals surface area contributed by atoms with Gasteiger partial charge < -0.3 is 20.6 Å². The Bertz CT molecular complexity index is 781. The molecule has 0 bridgehead atoms. The number of hydrogen-bond acceptors (Lipinski definition) is 6. The first-order valence-corrected chi connectivity index (χ1v) is 8.56. The van der Waals surface area contributed by atoms with E-state index < -0.39 is 5.60 Å². The molecule has 7 heteroatoms. The van der Waals surface area contributed by atoms with Crippen LogP contribution in [0, 0.1) is 6.92 Å². The van der Waals surface area contributed by atoms with Crippen LogP contribution in [0.15, 0.2) is 24.4 Å². The van der Waals surface area contributed by atoms with Crippen molar-refractivity contribution in [3.63, 3.8) is 0 Å². The summed E-state index contributed by atoms with van der Waals surface area (Å²) in [4.78, 5) is 24.6. The van der Waals surface area contributed by atoms with Crippen molar-refractivity contribution in [2.24, 2.45) is 5.73 Å². The van der Waals surface area contributed by atoms with Gasteiger partial charge in [-0.05, 0) is 31.5 Å². The summed E-state index contributed by atoms with van der Waals surface area (Å²) >= 11 is 0. The third kappa shape index (κ3) is 3.72. The van der Waals surface area contributed by atoms with Crippen LogP contribution < -0.4 is 10.6 Å². The highest BCUT2D eigenvalue weighted by Gasteiger charge is 2.38. The number of pyridine rings is 2. The topological polar surface area (TPSA) is 95.6 Å². The predicted octanol–water partition coefficient (Wildman–Crippen LogP) is 0.687. The van der Waals surface area contributed by atoms with Crippen molar-refractivity contribution in [3.8, 4) is 0 Å². The molecule has 2 aromatic rings. The van der Waals surface area contributed by atoms with Crippen molar-refractivity contribution >= 4 is 22.6 Å². The molecule has 1 aliphatic heterocycles. The fourth-order valence-corrected chi connectivity index (χ4v) is 3.40. The Kier molecular flexibility index (Phi) is 4.87. The quantitative estimate of drug-likeness (QED) is 0.829. The van der Waals surface area contributed by atoms with E-state index in [0.29, 0.717) is 39.0 Å². The smallest absolute Gasteiger partial charge is 0.223 e. The van der Waals surface area contributed by atoms with Crippen molar-refractivity contribution in [2.75, 3.05) is 38.1 Å². The molecule has 3 heterocycles. The van der Waals surface area contributed by atoms with E-state index in [-0.39, 0.29) is 5.91 Å². The number of amides is 1. The summed E-state index contributed by atoms with van der Waals surface area (Å²) in [5.74, 6) is -0.0407.